The van der Waals surface area contributed by atoms with E-state index in [1.54, 1.807) is 36.4 Å². The van der Waals surface area contributed by atoms with Crippen molar-refractivity contribution in [1.29, 1.82) is 0 Å². The number of halogens is 1. The molecule has 140 valence electrons. The molecule has 3 aromatic rings. The number of hydrogen-bond acceptors (Lipinski definition) is 4. The van der Waals surface area contributed by atoms with Crippen molar-refractivity contribution in [3.05, 3.63) is 95.3 Å². The quantitative estimate of drug-likeness (QED) is 0.469. The summed E-state index contributed by atoms with van der Waals surface area (Å²) in [7, 11) is 0. The van der Waals surface area contributed by atoms with E-state index in [-0.39, 0.29) is 11.7 Å². The van der Waals surface area contributed by atoms with Crippen LogP contribution in [0.1, 0.15) is 26.3 Å². The van der Waals surface area contributed by atoms with Crippen molar-refractivity contribution in [1.82, 2.24) is 5.43 Å². The van der Waals surface area contributed by atoms with Gasteiger partial charge in [-0.25, -0.2) is 9.82 Å². The number of aromatic hydroxyl groups is 1. The predicted molar refractivity (Wildman–Crippen MR) is 104 cm³/mol. The zero-order chi connectivity index (χ0) is 19.9. The van der Waals surface area contributed by atoms with Gasteiger partial charge in [-0.05, 0) is 66.2 Å². The monoisotopic (exact) mass is 377 g/mol. The number of nitrogens with zero attached hydrogens (tertiary/aromatic N) is 1. The second kappa shape index (κ2) is 8.59. The first-order chi connectivity index (χ1) is 13.5. The number of carbonyl (C=O) groups excluding carboxylic acids is 2. The number of benzene rings is 3. The zero-order valence-electron chi connectivity index (χ0n) is 14.6. The number of phenols is 1. The van der Waals surface area contributed by atoms with Crippen LogP contribution in [-0.2, 0) is 0 Å². The molecule has 0 aliphatic rings. The third-order valence-electron chi connectivity index (χ3n) is 3.76. The molecule has 3 N–H and O–H groups in total. The van der Waals surface area contributed by atoms with E-state index >= 15 is 0 Å². The molecule has 0 bridgehead atoms. The minimum Gasteiger partial charge on any atom is -0.508 e. The first-order valence-corrected chi connectivity index (χ1v) is 8.31. The highest BCUT2D eigenvalue weighted by Crippen LogP contribution is 2.12. The molecule has 2 amide bonds. The van der Waals surface area contributed by atoms with Crippen LogP contribution in [0.15, 0.2) is 77.9 Å². The zero-order valence-corrected chi connectivity index (χ0v) is 14.6. The van der Waals surface area contributed by atoms with Gasteiger partial charge in [-0.3, -0.25) is 9.59 Å². The number of phenolic OH excluding ortho intramolecular Hbond substituents is 1. The van der Waals surface area contributed by atoms with Crippen molar-refractivity contribution in [2.75, 3.05) is 5.32 Å². The molecule has 3 rings (SSSR count). The van der Waals surface area contributed by atoms with Crippen LogP contribution in [-0.4, -0.2) is 23.1 Å². The van der Waals surface area contributed by atoms with Crippen molar-refractivity contribution in [2.24, 2.45) is 5.10 Å². The van der Waals surface area contributed by atoms with Gasteiger partial charge >= 0.3 is 0 Å². The number of hydrogen-bond donors (Lipinski definition) is 3. The Morgan fingerprint density at radius 2 is 1.54 bits per heavy atom. The number of hydrazone groups is 1. The maximum Gasteiger partial charge on any atom is 0.271 e. The lowest BCUT2D eigenvalue weighted by molar-refractivity contribution is 0.0954. The van der Waals surface area contributed by atoms with Gasteiger partial charge in [-0.15, -0.1) is 0 Å². The molecular formula is C21H16FN3O3. The summed E-state index contributed by atoms with van der Waals surface area (Å²) in [5.41, 5.74) is 4.20. The normalized spacial score (nSPS) is 10.6. The molecule has 0 unspecified atom stereocenters. The van der Waals surface area contributed by atoms with E-state index in [1.165, 1.54) is 42.6 Å². The molecule has 6 nitrogen and oxygen atoms in total. The van der Waals surface area contributed by atoms with Crippen LogP contribution in [0.3, 0.4) is 0 Å². The average molecular weight is 377 g/mol. The lowest BCUT2D eigenvalue weighted by atomic mass is 10.1. The Balaban J connectivity index is 1.58. The van der Waals surface area contributed by atoms with E-state index in [4.69, 9.17) is 0 Å². The van der Waals surface area contributed by atoms with Crippen LogP contribution in [0, 0.1) is 5.82 Å². The standard InChI is InChI=1S/C21H16FN3O3/c22-17-8-4-15(5-9-17)20(27)24-18-10-6-16(7-11-18)21(28)25-23-13-14-2-1-3-19(26)12-14/h1-13,26H,(H,24,27)(H,25,28)/b23-13+. The van der Waals surface area contributed by atoms with Gasteiger partial charge in [0, 0.05) is 16.8 Å². The highest BCUT2D eigenvalue weighted by atomic mass is 19.1. The molecule has 0 aliphatic heterocycles. The predicted octanol–water partition coefficient (Wildman–Crippen LogP) is 3.55. The van der Waals surface area contributed by atoms with Crippen LogP contribution < -0.4 is 10.7 Å². The molecule has 3 aromatic carbocycles. The SMILES string of the molecule is O=C(N/N=C/c1cccc(O)c1)c1ccc(NC(=O)c2ccc(F)cc2)cc1. The number of amides is 2. The van der Waals surface area contributed by atoms with Crippen molar-refractivity contribution in [2.45, 2.75) is 0 Å². The molecule has 0 spiro atoms. The van der Waals surface area contributed by atoms with E-state index in [9.17, 15) is 19.1 Å². The van der Waals surface area contributed by atoms with Crippen molar-refractivity contribution in [3.63, 3.8) is 0 Å². The van der Waals surface area contributed by atoms with Gasteiger partial charge in [0.25, 0.3) is 11.8 Å². The van der Waals surface area contributed by atoms with Gasteiger partial charge in [0.1, 0.15) is 11.6 Å². The van der Waals surface area contributed by atoms with E-state index in [2.05, 4.69) is 15.8 Å². The Morgan fingerprint density at radius 3 is 2.21 bits per heavy atom. The smallest absolute Gasteiger partial charge is 0.271 e. The van der Waals surface area contributed by atoms with E-state index in [0.717, 1.165) is 0 Å². The Kier molecular flexibility index (Phi) is 5.76. The molecule has 0 aliphatic carbocycles. The minimum atomic E-state index is -0.423. The third kappa shape index (κ3) is 5.01. The second-order valence-corrected chi connectivity index (χ2v) is 5.83. The van der Waals surface area contributed by atoms with Crippen LogP contribution in [0.4, 0.5) is 10.1 Å². The summed E-state index contributed by atoms with van der Waals surface area (Å²) in [6, 6.07) is 17.9. The molecule has 0 atom stereocenters. The molecule has 0 aromatic heterocycles. The fraction of sp³-hybridized carbons (Fsp3) is 0. The van der Waals surface area contributed by atoms with Gasteiger partial charge in [-0.2, -0.15) is 5.10 Å². The number of nitrogens with one attached hydrogen (secondary N) is 2. The van der Waals surface area contributed by atoms with Crippen LogP contribution in [0.5, 0.6) is 5.75 Å². The van der Waals surface area contributed by atoms with Crippen LogP contribution in [0.25, 0.3) is 0 Å². The molecule has 28 heavy (non-hydrogen) atoms. The topological polar surface area (TPSA) is 90.8 Å². The van der Waals surface area contributed by atoms with Crippen LogP contribution >= 0.6 is 0 Å². The molecular weight excluding hydrogens is 361 g/mol. The van der Waals surface area contributed by atoms with Crippen LogP contribution in [0.2, 0.25) is 0 Å². The van der Waals surface area contributed by atoms with Gasteiger partial charge in [0.15, 0.2) is 0 Å². The highest BCUT2D eigenvalue weighted by Gasteiger charge is 2.08. The molecule has 0 radical (unpaired) electrons. The second-order valence-electron chi connectivity index (χ2n) is 5.83. The molecule has 0 fully saturated rings. The van der Waals surface area contributed by atoms with E-state index < -0.39 is 11.7 Å². The third-order valence-corrected chi connectivity index (χ3v) is 3.76. The number of anilines is 1. The summed E-state index contributed by atoms with van der Waals surface area (Å²) in [5.74, 6) is -1.12. The lowest BCUT2D eigenvalue weighted by Crippen LogP contribution is -2.17. The first kappa shape index (κ1) is 18.8. The molecule has 0 heterocycles. The summed E-state index contributed by atoms with van der Waals surface area (Å²) in [5, 5.41) is 15.9. The fourth-order valence-electron chi connectivity index (χ4n) is 2.34. The molecule has 0 saturated carbocycles. The fourth-order valence-corrected chi connectivity index (χ4v) is 2.34. The van der Waals surface area contributed by atoms with Gasteiger partial charge in [0.2, 0.25) is 0 Å². The Labute approximate surface area is 160 Å². The molecule has 7 heteroatoms. The highest BCUT2D eigenvalue weighted by molar-refractivity contribution is 6.04. The summed E-state index contributed by atoms with van der Waals surface area (Å²) in [4.78, 5) is 24.2. The largest absolute Gasteiger partial charge is 0.508 e. The van der Waals surface area contributed by atoms with E-state index in [1.807, 2.05) is 0 Å². The average Bonchev–Trinajstić information content (AvgIpc) is 2.69. The maximum atomic E-state index is 12.9. The Hall–Kier alpha value is -4.00. The Bertz CT molecular complexity index is 1020. The Morgan fingerprint density at radius 1 is 0.893 bits per heavy atom. The summed E-state index contributed by atoms with van der Waals surface area (Å²) in [6.45, 7) is 0. The maximum absolute atomic E-state index is 12.9. The summed E-state index contributed by atoms with van der Waals surface area (Å²) < 4.78 is 12.9. The minimum absolute atomic E-state index is 0.105. The lowest BCUT2D eigenvalue weighted by Gasteiger charge is -2.06. The number of carbonyl (C=O) groups is 2. The summed E-state index contributed by atoms with van der Waals surface area (Å²) >= 11 is 0. The van der Waals surface area contributed by atoms with Crippen molar-refractivity contribution in [3.8, 4) is 5.75 Å². The van der Waals surface area contributed by atoms with Crippen molar-refractivity contribution >= 4 is 23.7 Å². The van der Waals surface area contributed by atoms with E-state index in [0.29, 0.717) is 22.4 Å². The number of rotatable bonds is 5. The van der Waals surface area contributed by atoms with Gasteiger partial charge in [0.05, 0.1) is 6.21 Å². The van der Waals surface area contributed by atoms with Gasteiger partial charge < -0.3 is 10.4 Å². The van der Waals surface area contributed by atoms with Gasteiger partial charge in [-0.1, -0.05) is 12.1 Å². The summed E-state index contributed by atoms with van der Waals surface area (Å²) in [6.07, 6.45) is 1.41. The first-order valence-electron chi connectivity index (χ1n) is 8.31. The van der Waals surface area contributed by atoms with Crippen molar-refractivity contribution < 1.29 is 19.1 Å². The molecule has 0 saturated heterocycles.